The molecule has 1 aliphatic heterocycles. The highest BCUT2D eigenvalue weighted by Gasteiger charge is 2.23. The fourth-order valence-electron chi connectivity index (χ4n) is 3.29. The summed E-state index contributed by atoms with van der Waals surface area (Å²) < 4.78 is 18.9. The van der Waals surface area contributed by atoms with E-state index in [2.05, 4.69) is 20.5 Å². The van der Waals surface area contributed by atoms with Crippen molar-refractivity contribution in [2.24, 2.45) is 0 Å². The van der Waals surface area contributed by atoms with Crippen LogP contribution in [0.25, 0.3) is 0 Å². The van der Waals surface area contributed by atoms with Crippen LogP contribution >= 0.6 is 0 Å². The van der Waals surface area contributed by atoms with Crippen molar-refractivity contribution in [3.05, 3.63) is 54.0 Å². The topological polar surface area (TPSA) is 83.6 Å². The fraction of sp³-hybridized carbons (Fsp3) is 0.381. The summed E-state index contributed by atoms with van der Waals surface area (Å²) in [5, 5.41) is 5.23. The number of hydrogen-bond acceptors (Lipinski definition) is 5. The maximum Gasteiger partial charge on any atom is 0.243 e. The van der Waals surface area contributed by atoms with Gasteiger partial charge in [-0.05, 0) is 43.7 Å². The monoisotopic (exact) mass is 400 g/mol. The minimum absolute atomic E-state index is 0.0116. The Morgan fingerprint density at radius 1 is 1.17 bits per heavy atom. The Hall–Kier alpha value is -3.00. The second-order valence-corrected chi connectivity index (χ2v) is 7.20. The van der Waals surface area contributed by atoms with Crippen molar-refractivity contribution in [1.82, 2.24) is 10.3 Å². The first-order valence-electron chi connectivity index (χ1n) is 9.56. The summed E-state index contributed by atoms with van der Waals surface area (Å²) in [6.07, 6.45) is 1.87. The molecule has 1 aromatic heterocycles. The van der Waals surface area contributed by atoms with Crippen molar-refractivity contribution in [2.45, 2.75) is 32.5 Å². The third-order valence-electron chi connectivity index (χ3n) is 4.48. The Morgan fingerprint density at radius 3 is 2.59 bits per heavy atom. The molecule has 0 bridgehead atoms. The molecule has 2 amide bonds. The number of hydrogen-bond donors (Lipinski definition) is 2. The lowest BCUT2D eigenvalue weighted by Gasteiger charge is -2.36. The van der Waals surface area contributed by atoms with Crippen molar-refractivity contribution in [3.63, 3.8) is 0 Å². The molecule has 2 aromatic rings. The van der Waals surface area contributed by atoms with E-state index >= 15 is 0 Å². The first-order valence-corrected chi connectivity index (χ1v) is 9.56. The molecule has 7 nitrogen and oxygen atoms in total. The van der Waals surface area contributed by atoms with E-state index < -0.39 is 5.82 Å². The molecule has 0 saturated carbocycles. The van der Waals surface area contributed by atoms with E-state index in [0.717, 1.165) is 18.9 Å². The SMILES string of the molecule is CC1CN(c2ccc(NC(=O)CNC(=O)Cc3cccc(F)c3)cn2)CC(C)O1. The molecule has 154 valence electrons. The minimum atomic E-state index is -0.398. The van der Waals surface area contributed by atoms with Gasteiger partial charge in [-0.15, -0.1) is 0 Å². The van der Waals surface area contributed by atoms with E-state index in [1.165, 1.54) is 12.1 Å². The van der Waals surface area contributed by atoms with E-state index in [9.17, 15) is 14.0 Å². The van der Waals surface area contributed by atoms with Gasteiger partial charge >= 0.3 is 0 Å². The summed E-state index contributed by atoms with van der Waals surface area (Å²) in [7, 11) is 0. The van der Waals surface area contributed by atoms with E-state index in [1.807, 2.05) is 19.9 Å². The van der Waals surface area contributed by atoms with Crippen LogP contribution in [0.3, 0.4) is 0 Å². The van der Waals surface area contributed by atoms with Crippen LogP contribution in [0.4, 0.5) is 15.9 Å². The van der Waals surface area contributed by atoms with Gasteiger partial charge in [-0.2, -0.15) is 0 Å². The number of morpholine rings is 1. The summed E-state index contributed by atoms with van der Waals surface area (Å²) in [5.41, 5.74) is 1.10. The average Bonchev–Trinajstić information content (AvgIpc) is 2.66. The average molecular weight is 400 g/mol. The zero-order valence-corrected chi connectivity index (χ0v) is 16.5. The van der Waals surface area contributed by atoms with Gasteiger partial charge in [0.15, 0.2) is 0 Å². The molecule has 1 saturated heterocycles. The van der Waals surface area contributed by atoms with Crippen LogP contribution < -0.4 is 15.5 Å². The van der Waals surface area contributed by atoms with Crippen molar-refractivity contribution < 1.29 is 18.7 Å². The largest absolute Gasteiger partial charge is 0.372 e. The molecule has 1 fully saturated rings. The van der Waals surface area contributed by atoms with E-state index in [-0.39, 0.29) is 37.0 Å². The number of nitrogens with zero attached hydrogens (tertiary/aromatic N) is 2. The lowest BCUT2D eigenvalue weighted by Crippen LogP contribution is -2.45. The summed E-state index contributed by atoms with van der Waals surface area (Å²) in [5.74, 6) is -0.283. The van der Waals surface area contributed by atoms with Crippen molar-refractivity contribution in [3.8, 4) is 0 Å². The van der Waals surface area contributed by atoms with Crippen LogP contribution in [0.5, 0.6) is 0 Å². The van der Waals surface area contributed by atoms with Gasteiger partial charge < -0.3 is 20.3 Å². The van der Waals surface area contributed by atoms with Crippen LogP contribution in [-0.4, -0.2) is 48.6 Å². The maximum atomic E-state index is 13.1. The molecule has 2 N–H and O–H groups in total. The molecule has 8 heteroatoms. The van der Waals surface area contributed by atoms with Gasteiger partial charge in [-0.1, -0.05) is 12.1 Å². The zero-order valence-electron chi connectivity index (χ0n) is 16.5. The van der Waals surface area contributed by atoms with Crippen molar-refractivity contribution in [2.75, 3.05) is 29.9 Å². The second kappa shape index (κ2) is 9.47. The Labute approximate surface area is 169 Å². The number of aromatic nitrogens is 1. The quantitative estimate of drug-likeness (QED) is 0.776. The van der Waals surface area contributed by atoms with Crippen molar-refractivity contribution >= 4 is 23.3 Å². The zero-order chi connectivity index (χ0) is 20.8. The normalized spacial score (nSPS) is 18.9. The van der Waals surface area contributed by atoms with Gasteiger partial charge in [-0.3, -0.25) is 9.59 Å². The number of rotatable bonds is 6. The smallest absolute Gasteiger partial charge is 0.243 e. The Morgan fingerprint density at radius 2 is 1.93 bits per heavy atom. The molecule has 2 atom stereocenters. The predicted octanol–water partition coefficient (Wildman–Crippen LogP) is 2.13. The predicted molar refractivity (Wildman–Crippen MR) is 108 cm³/mol. The van der Waals surface area contributed by atoms with Crippen LogP contribution in [0, 0.1) is 5.82 Å². The van der Waals surface area contributed by atoms with Crippen molar-refractivity contribution in [1.29, 1.82) is 0 Å². The van der Waals surface area contributed by atoms with E-state index in [4.69, 9.17) is 4.74 Å². The fourth-order valence-corrected chi connectivity index (χ4v) is 3.29. The highest BCUT2D eigenvalue weighted by molar-refractivity contribution is 5.94. The van der Waals surface area contributed by atoms with E-state index in [0.29, 0.717) is 11.3 Å². The molecular weight excluding hydrogens is 375 g/mol. The Kier molecular flexibility index (Phi) is 6.77. The lowest BCUT2D eigenvalue weighted by atomic mass is 10.1. The van der Waals surface area contributed by atoms with E-state index in [1.54, 1.807) is 24.4 Å². The molecule has 2 heterocycles. The molecule has 0 aliphatic carbocycles. The molecule has 1 aromatic carbocycles. The Balaban J connectivity index is 1.46. The number of pyridine rings is 1. The molecular formula is C21H25FN4O3. The summed E-state index contributed by atoms with van der Waals surface area (Å²) in [6, 6.07) is 9.44. The third kappa shape index (κ3) is 6.25. The maximum absolute atomic E-state index is 13.1. The third-order valence-corrected chi connectivity index (χ3v) is 4.48. The molecule has 3 rings (SSSR count). The highest BCUT2D eigenvalue weighted by Crippen LogP contribution is 2.19. The molecule has 2 unspecified atom stereocenters. The highest BCUT2D eigenvalue weighted by atomic mass is 19.1. The second-order valence-electron chi connectivity index (χ2n) is 7.20. The molecule has 0 spiro atoms. The first-order chi connectivity index (χ1) is 13.9. The summed E-state index contributed by atoms with van der Waals surface area (Å²) in [6.45, 7) is 5.41. The number of amides is 2. The molecule has 29 heavy (non-hydrogen) atoms. The van der Waals surface area contributed by atoms with Gasteiger partial charge in [-0.25, -0.2) is 9.37 Å². The Bertz CT molecular complexity index is 849. The number of benzene rings is 1. The van der Waals surface area contributed by atoms with Crippen LogP contribution in [0.15, 0.2) is 42.6 Å². The number of carbonyl (C=O) groups excluding carboxylic acids is 2. The van der Waals surface area contributed by atoms with Crippen LogP contribution in [-0.2, 0) is 20.7 Å². The van der Waals surface area contributed by atoms with Gasteiger partial charge in [0.25, 0.3) is 0 Å². The molecule has 0 radical (unpaired) electrons. The standard InChI is InChI=1S/C21H25FN4O3/c1-14-12-26(13-15(2)29-14)19-7-6-18(10-23-19)25-21(28)11-24-20(27)9-16-4-3-5-17(22)8-16/h3-8,10,14-15H,9,11-13H2,1-2H3,(H,24,27)(H,25,28). The first kappa shape index (κ1) is 20.7. The number of nitrogens with one attached hydrogen (secondary N) is 2. The summed E-state index contributed by atoms with van der Waals surface area (Å²) in [4.78, 5) is 30.5. The number of carbonyl (C=O) groups is 2. The number of ether oxygens (including phenoxy) is 1. The van der Waals surface area contributed by atoms with Crippen LogP contribution in [0.1, 0.15) is 19.4 Å². The number of halogens is 1. The summed E-state index contributed by atoms with van der Waals surface area (Å²) >= 11 is 0. The van der Waals surface area contributed by atoms with Gasteiger partial charge in [0.05, 0.1) is 37.1 Å². The minimum Gasteiger partial charge on any atom is -0.372 e. The van der Waals surface area contributed by atoms with Gasteiger partial charge in [0.1, 0.15) is 11.6 Å². The van der Waals surface area contributed by atoms with Gasteiger partial charge in [0.2, 0.25) is 11.8 Å². The lowest BCUT2D eigenvalue weighted by molar-refractivity contribution is -0.123. The number of anilines is 2. The van der Waals surface area contributed by atoms with Gasteiger partial charge in [0, 0.05) is 13.1 Å². The molecule has 1 aliphatic rings. The van der Waals surface area contributed by atoms with Crippen LogP contribution in [0.2, 0.25) is 0 Å².